The third-order valence-electron chi connectivity index (χ3n) is 3.76. The maximum absolute atomic E-state index is 11.9. The highest BCUT2D eigenvalue weighted by molar-refractivity contribution is 9.09. The molecule has 0 heterocycles. The van der Waals surface area contributed by atoms with Crippen LogP contribution in [0.5, 0.6) is 0 Å². The number of alkyl halides is 1. The van der Waals surface area contributed by atoms with Crippen LogP contribution in [0.25, 0.3) is 0 Å². The molecule has 0 aliphatic heterocycles. The fraction of sp³-hybridized carbons (Fsp3) is 0.867. The summed E-state index contributed by atoms with van der Waals surface area (Å²) in [7, 11) is 0. The lowest BCUT2D eigenvalue weighted by Crippen LogP contribution is -2.32. The van der Waals surface area contributed by atoms with E-state index in [2.05, 4.69) is 15.9 Å². The first-order valence-electron chi connectivity index (χ1n) is 7.57. The Hall–Kier alpha value is -0.580. The van der Waals surface area contributed by atoms with Crippen LogP contribution in [0.3, 0.4) is 0 Å². The maximum atomic E-state index is 11.9. The van der Waals surface area contributed by atoms with E-state index in [4.69, 9.17) is 9.47 Å². The predicted molar refractivity (Wildman–Crippen MR) is 80.7 cm³/mol. The van der Waals surface area contributed by atoms with E-state index < -0.39 is 17.9 Å². The molecule has 0 spiro atoms. The first-order valence-corrected chi connectivity index (χ1v) is 8.49. The van der Waals surface area contributed by atoms with Crippen LogP contribution in [-0.2, 0) is 19.1 Å². The maximum Gasteiger partial charge on any atom is 0.320 e. The Morgan fingerprint density at radius 2 is 1.55 bits per heavy atom. The quantitative estimate of drug-likeness (QED) is 0.401. The number of esters is 2. The molecule has 0 saturated heterocycles. The molecule has 1 rings (SSSR count). The van der Waals surface area contributed by atoms with E-state index in [1.165, 1.54) is 19.3 Å². The van der Waals surface area contributed by atoms with E-state index in [0.717, 1.165) is 12.8 Å². The fourth-order valence-corrected chi connectivity index (χ4v) is 3.59. The number of carbonyl (C=O) groups is 2. The van der Waals surface area contributed by atoms with Gasteiger partial charge in [-0.2, -0.15) is 0 Å². The van der Waals surface area contributed by atoms with Crippen LogP contribution in [0.2, 0.25) is 0 Å². The van der Waals surface area contributed by atoms with Crippen molar-refractivity contribution in [2.75, 3.05) is 13.2 Å². The first kappa shape index (κ1) is 17.5. The lowest BCUT2D eigenvalue weighted by atomic mass is 9.84. The molecule has 0 bridgehead atoms. The molecule has 1 unspecified atom stereocenters. The van der Waals surface area contributed by atoms with Crippen molar-refractivity contribution in [2.45, 2.75) is 57.2 Å². The lowest BCUT2D eigenvalue weighted by molar-refractivity contribution is -0.162. The third kappa shape index (κ3) is 5.43. The van der Waals surface area contributed by atoms with Gasteiger partial charge in [0.1, 0.15) is 0 Å². The molecule has 1 aliphatic carbocycles. The number of hydrogen-bond donors (Lipinski definition) is 0. The highest BCUT2D eigenvalue weighted by atomic mass is 79.9. The number of ether oxygens (including phenoxy) is 2. The molecule has 0 N–H and O–H groups in total. The molecular formula is C15H25BrO4. The highest BCUT2D eigenvalue weighted by Gasteiger charge is 2.34. The van der Waals surface area contributed by atoms with Gasteiger partial charge in [0.15, 0.2) is 5.92 Å². The molecule has 0 aromatic heterocycles. The van der Waals surface area contributed by atoms with Gasteiger partial charge in [0, 0.05) is 4.83 Å². The van der Waals surface area contributed by atoms with Crippen LogP contribution in [0.1, 0.15) is 52.4 Å². The summed E-state index contributed by atoms with van der Waals surface area (Å²) in [6, 6.07) is 0. The van der Waals surface area contributed by atoms with E-state index in [1.807, 2.05) is 0 Å². The van der Waals surface area contributed by atoms with E-state index >= 15 is 0 Å². The number of rotatable bonds is 7. The molecule has 1 atom stereocenters. The standard InChI is InChI=1S/C15H25BrO4/c1-3-19-14(17)12(15(18)20-4-2)10-13(16)11-8-6-5-7-9-11/h11-13H,3-10H2,1-2H3. The molecule has 116 valence electrons. The number of hydrogen-bond acceptors (Lipinski definition) is 4. The first-order chi connectivity index (χ1) is 9.60. The predicted octanol–water partition coefficient (Wildman–Crippen LogP) is 3.46. The summed E-state index contributed by atoms with van der Waals surface area (Å²) in [5, 5.41) is 0. The normalized spacial score (nSPS) is 17.8. The van der Waals surface area contributed by atoms with Crippen molar-refractivity contribution in [3.05, 3.63) is 0 Å². The SMILES string of the molecule is CCOC(=O)C(CC(Br)C1CCCCC1)C(=O)OCC. The molecule has 1 saturated carbocycles. The van der Waals surface area contributed by atoms with Crippen molar-refractivity contribution in [1.82, 2.24) is 0 Å². The van der Waals surface area contributed by atoms with Crippen LogP contribution in [-0.4, -0.2) is 30.0 Å². The zero-order valence-electron chi connectivity index (χ0n) is 12.4. The van der Waals surface area contributed by atoms with Crippen molar-refractivity contribution >= 4 is 27.9 Å². The van der Waals surface area contributed by atoms with Gasteiger partial charge < -0.3 is 9.47 Å². The zero-order chi connectivity index (χ0) is 15.0. The summed E-state index contributed by atoms with van der Waals surface area (Å²) >= 11 is 3.66. The summed E-state index contributed by atoms with van der Waals surface area (Å²) in [5.74, 6) is -1.20. The van der Waals surface area contributed by atoms with Gasteiger partial charge in [-0.25, -0.2) is 0 Å². The van der Waals surface area contributed by atoms with Crippen LogP contribution in [0, 0.1) is 11.8 Å². The molecule has 0 radical (unpaired) electrons. The number of halogens is 1. The van der Waals surface area contributed by atoms with Gasteiger partial charge in [0.2, 0.25) is 0 Å². The highest BCUT2D eigenvalue weighted by Crippen LogP contribution is 2.33. The van der Waals surface area contributed by atoms with Crippen molar-refractivity contribution in [1.29, 1.82) is 0 Å². The van der Waals surface area contributed by atoms with Gasteiger partial charge >= 0.3 is 11.9 Å². The van der Waals surface area contributed by atoms with E-state index in [-0.39, 0.29) is 18.0 Å². The van der Waals surface area contributed by atoms with Gasteiger partial charge in [-0.15, -0.1) is 0 Å². The topological polar surface area (TPSA) is 52.6 Å². The Morgan fingerprint density at radius 1 is 1.05 bits per heavy atom. The second-order valence-corrected chi connectivity index (χ2v) is 6.38. The van der Waals surface area contributed by atoms with Crippen LogP contribution in [0.4, 0.5) is 0 Å². The average Bonchev–Trinajstić information content (AvgIpc) is 2.45. The van der Waals surface area contributed by atoms with Crippen LogP contribution >= 0.6 is 15.9 Å². The molecule has 0 aromatic carbocycles. The van der Waals surface area contributed by atoms with E-state index in [1.54, 1.807) is 13.8 Å². The van der Waals surface area contributed by atoms with Crippen LogP contribution < -0.4 is 0 Å². The summed E-state index contributed by atoms with van der Waals surface area (Å²) in [5.41, 5.74) is 0. The van der Waals surface area contributed by atoms with Gasteiger partial charge in [-0.1, -0.05) is 35.2 Å². The molecule has 1 fully saturated rings. The molecular weight excluding hydrogens is 324 g/mol. The monoisotopic (exact) mass is 348 g/mol. The minimum Gasteiger partial charge on any atom is -0.465 e. The Labute approximate surface area is 129 Å². The minimum absolute atomic E-state index is 0.168. The van der Waals surface area contributed by atoms with Crippen molar-refractivity contribution in [3.63, 3.8) is 0 Å². The molecule has 5 heteroatoms. The summed E-state index contributed by atoms with van der Waals surface area (Å²) < 4.78 is 10.00. The smallest absolute Gasteiger partial charge is 0.320 e. The molecule has 1 aliphatic rings. The molecule has 0 aromatic rings. The zero-order valence-corrected chi connectivity index (χ0v) is 14.0. The Bertz CT molecular complexity index is 295. The number of carbonyl (C=O) groups excluding carboxylic acids is 2. The summed E-state index contributed by atoms with van der Waals surface area (Å²) in [6.45, 7) is 4.05. The van der Waals surface area contributed by atoms with Crippen molar-refractivity contribution < 1.29 is 19.1 Å². The van der Waals surface area contributed by atoms with Gasteiger partial charge in [-0.3, -0.25) is 9.59 Å². The van der Waals surface area contributed by atoms with E-state index in [0.29, 0.717) is 12.3 Å². The largest absolute Gasteiger partial charge is 0.465 e. The minimum atomic E-state index is -0.804. The fourth-order valence-electron chi connectivity index (χ4n) is 2.69. The van der Waals surface area contributed by atoms with E-state index in [9.17, 15) is 9.59 Å². The summed E-state index contributed by atoms with van der Waals surface area (Å²) in [6.07, 6.45) is 6.53. The van der Waals surface area contributed by atoms with Gasteiger partial charge in [0.25, 0.3) is 0 Å². The third-order valence-corrected chi connectivity index (χ3v) is 4.89. The Balaban J connectivity index is 2.62. The second kappa shape index (κ2) is 9.37. The van der Waals surface area contributed by atoms with Crippen molar-refractivity contribution in [2.24, 2.45) is 11.8 Å². The average molecular weight is 349 g/mol. The molecule has 0 amide bonds. The van der Waals surface area contributed by atoms with Crippen LogP contribution in [0.15, 0.2) is 0 Å². The second-order valence-electron chi connectivity index (χ2n) is 5.21. The Morgan fingerprint density at radius 3 is 2.00 bits per heavy atom. The lowest BCUT2D eigenvalue weighted by Gasteiger charge is -2.28. The Kier molecular flexibility index (Phi) is 8.19. The summed E-state index contributed by atoms with van der Waals surface area (Å²) in [4.78, 5) is 24.0. The molecule has 20 heavy (non-hydrogen) atoms. The van der Waals surface area contributed by atoms with Gasteiger partial charge in [-0.05, 0) is 39.0 Å². The molecule has 4 nitrogen and oxygen atoms in total. The van der Waals surface area contributed by atoms with Gasteiger partial charge in [0.05, 0.1) is 13.2 Å². The van der Waals surface area contributed by atoms with Crippen molar-refractivity contribution in [3.8, 4) is 0 Å².